The highest BCUT2D eigenvalue weighted by Gasteiger charge is 2.27. The molecule has 3 heteroatoms. The molecule has 0 aromatic heterocycles. The summed E-state index contributed by atoms with van der Waals surface area (Å²) >= 11 is 1.90. The summed E-state index contributed by atoms with van der Waals surface area (Å²) in [5, 5.41) is 4.71. The molecule has 0 aromatic carbocycles. The van der Waals surface area contributed by atoms with Crippen molar-refractivity contribution < 1.29 is 0 Å². The van der Waals surface area contributed by atoms with E-state index in [2.05, 4.69) is 26.1 Å². The molecule has 1 aliphatic carbocycles. The van der Waals surface area contributed by atoms with Crippen molar-refractivity contribution in [3.63, 3.8) is 0 Å². The van der Waals surface area contributed by atoms with Crippen LogP contribution in [0.5, 0.6) is 0 Å². The molecule has 4 unspecified atom stereocenters. The van der Waals surface area contributed by atoms with Gasteiger partial charge in [-0.25, -0.2) is 0 Å². The first-order chi connectivity index (χ1) is 7.66. The van der Waals surface area contributed by atoms with Gasteiger partial charge in [-0.15, -0.1) is 0 Å². The second kappa shape index (κ2) is 5.44. The molecule has 1 heterocycles. The van der Waals surface area contributed by atoms with Crippen LogP contribution in [0.15, 0.2) is 4.99 Å². The molecule has 2 aliphatic rings. The lowest BCUT2D eigenvalue weighted by Gasteiger charge is -2.33. The van der Waals surface area contributed by atoms with E-state index >= 15 is 0 Å². The average molecular weight is 240 g/mol. The maximum absolute atomic E-state index is 4.95. The zero-order valence-corrected chi connectivity index (χ0v) is 11.5. The molecule has 1 N–H and O–H groups in total. The molecule has 4 atom stereocenters. The number of hydrogen-bond acceptors (Lipinski definition) is 2. The van der Waals surface area contributed by atoms with E-state index in [1.165, 1.54) is 36.6 Å². The van der Waals surface area contributed by atoms with E-state index in [4.69, 9.17) is 4.99 Å². The van der Waals surface area contributed by atoms with Gasteiger partial charge in [0, 0.05) is 11.8 Å². The van der Waals surface area contributed by atoms with Crippen molar-refractivity contribution in [1.29, 1.82) is 0 Å². The largest absolute Gasteiger partial charge is 0.362 e. The molecule has 2 fully saturated rings. The van der Waals surface area contributed by atoms with E-state index in [0.717, 1.165) is 11.8 Å². The minimum atomic E-state index is 0.559. The summed E-state index contributed by atoms with van der Waals surface area (Å²) < 4.78 is 0. The van der Waals surface area contributed by atoms with Crippen LogP contribution in [0, 0.1) is 11.8 Å². The summed E-state index contributed by atoms with van der Waals surface area (Å²) in [5.74, 6) is 2.82. The number of aliphatic imine (C=N–C) groups is 1. The van der Waals surface area contributed by atoms with Crippen LogP contribution in [-0.2, 0) is 0 Å². The fourth-order valence-electron chi connectivity index (χ4n) is 2.62. The summed E-state index contributed by atoms with van der Waals surface area (Å²) in [7, 11) is 0. The Morgan fingerprint density at radius 2 is 2.00 bits per heavy atom. The SMILES string of the molecule is CC1CCSC(=NC2CCCC(C)C2C)N1. The Kier molecular flexibility index (Phi) is 4.17. The smallest absolute Gasteiger partial charge is 0.157 e. The third-order valence-electron chi connectivity index (χ3n) is 4.11. The van der Waals surface area contributed by atoms with Gasteiger partial charge in [-0.3, -0.25) is 4.99 Å². The van der Waals surface area contributed by atoms with Crippen LogP contribution in [0.4, 0.5) is 0 Å². The first-order valence-corrected chi connectivity index (χ1v) is 7.62. The lowest BCUT2D eigenvalue weighted by Crippen LogP contribution is -2.37. The molecule has 2 rings (SSSR count). The average Bonchev–Trinajstić information content (AvgIpc) is 2.25. The molecular weight excluding hydrogens is 216 g/mol. The molecule has 1 saturated carbocycles. The molecule has 0 bridgehead atoms. The van der Waals surface area contributed by atoms with Crippen molar-refractivity contribution in [2.24, 2.45) is 16.8 Å². The predicted octanol–water partition coefficient (Wildman–Crippen LogP) is 3.28. The summed E-state index contributed by atoms with van der Waals surface area (Å²) in [6, 6.07) is 1.17. The molecule has 0 radical (unpaired) electrons. The first kappa shape index (κ1) is 12.3. The van der Waals surface area contributed by atoms with Crippen molar-refractivity contribution in [1.82, 2.24) is 5.32 Å². The molecule has 1 saturated heterocycles. The lowest BCUT2D eigenvalue weighted by molar-refractivity contribution is 0.241. The Labute approximate surface area is 104 Å². The number of rotatable bonds is 1. The summed E-state index contributed by atoms with van der Waals surface area (Å²) in [4.78, 5) is 4.95. The van der Waals surface area contributed by atoms with Gasteiger partial charge in [-0.1, -0.05) is 38.5 Å². The van der Waals surface area contributed by atoms with E-state index in [0.29, 0.717) is 12.1 Å². The van der Waals surface area contributed by atoms with Gasteiger partial charge in [0.15, 0.2) is 5.17 Å². The fourth-order valence-corrected chi connectivity index (χ4v) is 3.78. The lowest BCUT2D eigenvalue weighted by atomic mass is 9.78. The summed E-state index contributed by atoms with van der Waals surface area (Å²) in [6.45, 7) is 7.00. The van der Waals surface area contributed by atoms with Crippen LogP contribution in [-0.4, -0.2) is 23.0 Å². The normalized spacial score (nSPS) is 43.1. The van der Waals surface area contributed by atoms with Crippen molar-refractivity contribution in [2.45, 2.75) is 58.5 Å². The Morgan fingerprint density at radius 3 is 2.75 bits per heavy atom. The summed E-state index contributed by atoms with van der Waals surface area (Å²) in [6.07, 6.45) is 5.29. The fraction of sp³-hybridized carbons (Fsp3) is 0.923. The maximum Gasteiger partial charge on any atom is 0.157 e. The van der Waals surface area contributed by atoms with E-state index in [-0.39, 0.29) is 0 Å². The van der Waals surface area contributed by atoms with E-state index in [1.54, 1.807) is 0 Å². The summed E-state index contributed by atoms with van der Waals surface area (Å²) in [5.41, 5.74) is 0. The molecule has 0 aromatic rings. The highest BCUT2D eigenvalue weighted by atomic mass is 32.2. The van der Waals surface area contributed by atoms with Gasteiger partial charge in [0.1, 0.15) is 0 Å². The van der Waals surface area contributed by atoms with Crippen molar-refractivity contribution in [3.8, 4) is 0 Å². The van der Waals surface area contributed by atoms with Gasteiger partial charge in [0.05, 0.1) is 6.04 Å². The molecule has 2 nitrogen and oxygen atoms in total. The zero-order chi connectivity index (χ0) is 11.5. The van der Waals surface area contributed by atoms with Crippen molar-refractivity contribution in [2.75, 3.05) is 5.75 Å². The highest BCUT2D eigenvalue weighted by Crippen LogP contribution is 2.32. The van der Waals surface area contributed by atoms with Crippen LogP contribution in [0.25, 0.3) is 0 Å². The topological polar surface area (TPSA) is 24.4 Å². The molecular formula is C13H24N2S. The molecule has 1 aliphatic heterocycles. The third-order valence-corrected chi connectivity index (χ3v) is 5.04. The molecule has 16 heavy (non-hydrogen) atoms. The number of thioether (sulfide) groups is 1. The molecule has 92 valence electrons. The monoisotopic (exact) mass is 240 g/mol. The number of nitrogens with one attached hydrogen (secondary N) is 1. The highest BCUT2D eigenvalue weighted by molar-refractivity contribution is 8.13. The van der Waals surface area contributed by atoms with Crippen LogP contribution in [0.2, 0.25) is 0 Å². The standard InChI is InChI=1S/C13H24N2S/c1-9-5-4-6-12(11(9)3)15-13-14-10(2)7-8-16-13/h9-12H,4-8H2,1-3H3,(H,14,15). The Hall–Kier alpha value is -0.180. The molecule has 0 amide bonds. The number of amidine groups is 1. The Bertz CT molecular complexity index is 265. The van der Waals surface area contributed by atoms with Gasteiger partial charge < -0.3 is 5.32 Å². The quantitative estimate of drug-likeness (QED) is 0.760. The Balaban J connectivity index is 1.98. The maximum atomic E-state index is 4.95. The van der Waals surface area contributed by atoms with Crippen LogP contribution < -0.4 is 5.32 Å². The van der Waals surface area contributed by atoms with E-state index in [1.807, 2.05) is 11.8 Å². The second-order valence-electron chi connectivity index (χ2n) is 5.45. The number of hydrogen-bond donors (Lipinski definition) is 1. The van der Waals surface area contributed by atoms with E-state index in [9.17, 15) is 0 Å². The third kappa shape index (κ3) is 2.93. The van der Waals surface area contributed by atoms with Gasteiger partial charge in [-0.2, -0.15) is 0 Å². The number of nitrogens with zero attached hydrogens (tertiary/aromatic N) is 1. The second-order valence-corrected chi connectivity index (χ2v) is 6.54. The van der Waals surface area contributed by atoms with Gasteiger partial charge in [0.25, 0.3) is 0 Å². The van der Waals surface area contributed by atoms with Crippen LogP contribution in [0.1, 0.15) is 46.5 Å². The predicted molar refractivity (Wildman–Crippen MR) is 73.1 cm³/mol. The first-order valence-electron chi connectivity index (χ1n) is 6.64. The van der Waals surface area contributed by atoms with Gasteiger partial charge >= 0.3 is 0 Å². The van der Waals surface area contributed by atoms with E-state index < -0.39 is 0 Å². The zero-order valence-electron chi connectivity index (χ0n) is 10.7. The van der Waals surface area contributed by atoms with Crippen molar-refractivity contribution >= 4 is 16.9 Å². The van der Waals surface area contributed by atoms with Gasteiger partial charge in [0.2, 0.25) is 0 Å². The molecule has 0 spiro atoms. The Morgan fingerprint density at radius 1 is 1.19 bits per heavy atom. The van der Waals surface area contributed by atoms with Crippen LogP contribution >= 0.6 is 11.8 Å². The minimum Gasteiger partial charge on any atom is -0.362 e. The van der Waals surface area contributed by atoms with Gasteiger partial charge in [-0.05, 0) is 31.6 Å². The van der Waals surface area contributed by atoms with Crippen LogP contribution in [0.3, 0.4) is 0 Å². The van der Waals surface area contributed by atoms with Crippen molar-refractivity contribution in [3.05, 3.63) is 0 Å². The minimum absolute atomic E-state index is 0.559.